The van der Waals surface area contributed by atoms with E-state index >= 15 is 0 Å². The summed E-state index contributed by atoms with van der Waals surface area (Å²) in [5, 5.41) is 6.23. The predicted molar refractivity (Wildman–Crippen MR) is 84.4 cm³/mol. The highest BCUT2D eigenvalue weighted by atomic mass is 79.9. The highest BCUT2D eigenvalue weighted by Crippen LogP contribution is 2.42. The highest BCUT2D eigenvalue weighted by Gasteiger charge is 2.37. The number of hydrogen-bond acceptors (Lipinski definition) is 3. The Morgan fingerprint density at radius 3 is 2.71 bits per heavy atom. The van der Waals surface area contributed by atoms with Crippen molar-refractivity contribution in [1.82, 2.24) is 14.8 Å². The molecule has 2 aromatic rings. The summed E-state index contributed by atoms with van der Waals surface area (Å²) < 4.78 is 40.5. The molecular formula is C15H14BrF3N4O. The zero-order valence-corrected chi connectivity index (χ0v) is 14.1. The molecule has 1 N–H and O–H groups in total. The third-order valence-corrected chi connectivity index (χ3v) is 4.11. The lowest BCUT2D eigenvalue weighted by Crippen LogP contribution is -2.17. The minimum absolute atomic E-state index is 0.0242. The van der Waals surface area contributed by atoms with Crippen LogP contribution in [0.2, 0.25) is 0 Å². The third kappa shape index (κ3) is 4.14. The van der Waals surface area contributed by atoms with Gasteiger partial charge in [-0.3, -0.25) is 9.48 Å². The molecule has 0 bridgehead atoms. The summed E-state index contributed by atoms with van der Waals surface area (Å²) in [7, 11) is 0. The van der Waals surface area contributed by atoms with Crippen LogP contribution in [0, 0.1) is 0 Å². The summed E-state index contributed by atoms with van der Waals surface area (Å²) >= 11 is 3.24. The van der Waals surface area contributed by atoms with Gasteiger partial charge >= 0.3 is 6.18 Å². The Hall–Kier alpha value is -1.90. The Labute approximate surface area is 144 Å². The van der Waals surface area contributed by atoms with Gasteiger partial charge in [-0.05, 0) is 47.0 Å². The molecule has 1 fully saturated rings. The fourth-order valence-corrected chi connectivity index (χ4v) is 2.55. The van der Waals surface area contributed by atoms with Gasteiger partial charge in [-0.15, -0.1) is 0 Å². The molecule has 2 heterocycles. The monoisotopic (exact) mass is 402 g/mol. The number of hydrogen-bond donors (Lipinski definition) is 1. The molecule has 9 heteroatoms. The quantitative estimate of drug-likeness (QED) is 0.822. The molecule has 5 nitrogen and oxygen atoms in total. The summed E-state index contributed by atoms with van der Waals surface area (Å²) in [6.45, 7) is 0.101. The highest BCUT2D eigenvalue weighted by molar-refractivity contribution is 9.10. The van der Waals surface area contributed by atoms with E-state index in [9.17, 15) is 18.0 Å². The molecule has 1 aliphatic carbocycles. The van der Waals surface area contributed by atoms with Crippen molar-refractivity contribution in [2.45, 2.75) is 37.9 Å². The first kappa shape index (κ1) is 16.9. The second kappa shape index (κ2) is 6.54. The van der Waals surface area contributed by atoms with Crippen LogP contribution in [0.15, 0.2) is 28.9 Å². The standard InChI is InChI=1S/C15H14BrF3N4O/c16-10-3-4-13(20-8-10)21-14(24)5-6-23-11(9-1-2-9)7-12(22-23)15(17,18)19/h3-4,7-9H,1-2,5-6H2,(H,20,21,24). The van der Waals surface area contributed by atoms with Crippen molar-refractivity contribution in [3.8, 4) is 0 Å². The topological polar surface area (TPSA) is 59.8 Å². The maximum absolute atomic E-state index is 12.8. The minimum atomic E-state index is -4.47. The van der Waals surface area contributed by atoms with Gasteiger partial charge in [0.05, 0.1) is 0 Å². The lowest BCUT2D eigenvalue weighted by molar-refractivity contribution is -0.141. The number of carbonyl (C=O) groups is 1. The molecular weight excluding hydrogens is 389 g/mol. The second-order valence-electron chi connectivity index (χ2n) is 5.61. The summed E-state index contributed by atoms with van der Waals surface area (Å²) in [5.41, 5.74) is -0.351. The number of anilines is 1. The molecule has 0 atom stereocenters. The van der Waals surface area contributed by atoms with E-state index in [0.717, 1.165) is 23.4 Å². The number of nitrogens with one attached hydrogen (secondary N) is 1. The maximum Gasteiger partial charge on any atom is 0.435 e. The van der Waals surface area contributed by atoms with Gasteiger partial charge in [-0.25, -0.2) is 4.98 Å². The summed E-state index contributed by atoms with van der Waals surface area (Å²) in [6, 6.07) is 4.45. The van der Waals surface area contributed by atoms with E-state index in [0.29, 0.717) is 11.5 Å². The van der Waals surface area contributed by atoms with Crippen molar-refractivity contribution >= 4 is 27.7 Å². The van der Waals surface area contributed by atoms with Crippen LogP contribution >= 0.6 is 15.9 Å². The Bertz CT molecular complexity index is 738. The molecule has 0 aliphatic heterocycles. The minimum Gasteiger partial charge on any atom is -0.311 e. The predicted octanol–water partition coefficient (Wildman–Crippen LogP) is 3.97. The first-order valence-corrected chi connectivity index (χ1v) is 8.18. The van der Waals surface area contributed by atoms with E-state index in [2.05, 4.69) is 31.3 Å². The van der Waals surface area contributed by atoms with E-state index in [-0.39, 0.29) is 24.8 Å². The van der Waals surface area contributed by atoms with Crippen molar-refractivity contribution in [2.24, 2.45) is 0 Å². The van der Waals surface area contributed by atoms with E-state index < -0.39 is 11.9 Å². The van der Waals surface area contributed by atoms with Crippen LogP contribution in [-0.4, -0.2) is 20.7 Å². The van der Waals surface area contributed by atoms with Crippen LogP contribution in [-0.2, 0) is 17.5 Å². The van der Waals surface area contributed by atoms with Crippen LogP contribution in [0.3, 0.4) is 0 Å². The van der Waals surface area contributed by atoms with Crippen molar-refractivity contribution in [1.29, 1.82) is 0 Å². The molecule has 0 saturated heterocycles. The number of rotatable bonds is 5. The van der Waals surface area contributed by atoms with Crippen LogP contribution < -0.4 is 5.32 Å². The summed E-state index contributed by atoms with van der Waals surface area (Å²) in [5.74, 6) is 0.183. The smallest absolute Gasteiger partial charge is 0.311 e. The molecule has 1 amide bonds. The van der Waals surface area contributed by atoms with Gasteiger partial charge in [0.15, 0.2) is 5.69 Å². The Morgan fingerprint density at radius 1 is 1.38 bits per heavy atom. The van der Waals surface area contributed by atoms with Gasteiger partial charge in [-0.1, -0.05) is 0 Å². The largest absolute Gasteiger partial charge is 0.435 e. The van der Waals surface area contributed by atoms with Crippen LogP contribution in [0.4, 0.5) is 19.0 Å². The van der Waals surface area contributed by atoms with Gasteiger partial charge in [-0.2, -0.15) is 18.3 Å². The third-order valence-electron chi connectivity index (χ3n) is 3.64. The molecule has 2 aromatic heterocycles. The molecule has 0 unspecified atom stereocenters. The van der Waals surface area contributed by atoms with Gasteiger partial charge in [0.2, 0.25) is 5.91 Å². The number of aromatic nitrogens is 3. The molecule has 24 heavy (non-hydrogen) atoms. The molecule has 0 radical (unpaired) electrons. The van der Waals surface area contributed by atoms with E-state index in [1.165, 1.54) is 4.68 Å². The Morgan fingerprint density at radius 2 is 2.12 bits per heavy atom. The maximum atomic E-state index is 12.8. The number of alkyl halides is 3. The number of aryl methyl sites for hydroxylation is 1. The Balaban J connectivity index is 1.64. The van der Waals surface area contributed by atoms with Gasteiger partial charge in [0.1, 0.15) is 5.82 Å². The SMILES string of the molecule is O=C(CCn1nc(C(F)(F)F)cc1C1CC1)Nc1ccc(Br)cn1. The first-order valence-electron chi connectivity index (χ1n) is 7.39. The van der Waals surface area contributed by atoms with E-state index in [4.69, 9.17) is 0 Å². The van der Waals surface area contributed by atoms with Crippen molar-refractivity contribution < 1.29 is 18.0 Å². The lowest BCUT2D eigenvalue weighted by Gasteiger charge is -2.07. The average Bonchev–Trinajstić information content (AvgIpc) is 3.26. The number of halogens is 4. The molecule has 0 spiro atoms. The first-order chi connectivity index (χ1) is 11.3. The molecule has 1 aliphatic rings. The van der Waals surface area contributed by atoms with Gasteiger partial charge in [0, 0.05) is 35.2 Å². The average molecular weight is 403 g/mol. The van der Waals surface area contributed by atoms with Crippen LogP contribution in [0.1, 0.15) is 36.6 Å². The fraction of sp³-hybridized carbons (Fsp3) is 0.400. The summed E-state index contributed by atoms with van der Waals surface area (Å²) in [6.07, 6.45) is -1.19. The molecule has 3 rings (SSSR count). The lowest BCUT2D eigenvalue weighted by atomic mass is 10.2. The summed E-state index contributed by atoms with van der Waals surface area (Å²) in [4.78, 5) is 16.0. The molecule has 0 aromatic carbocycles. The Kier molecular flexibility index (Phi) is 4.62. The van der Waals surface area contributed by atoms with Crippen LogP contribution in [0.25, 0.3) is 0 Å². The second-order valence-corrected chi connectivity index (χ2v) is 6.53. The van der Waals surface area contributed by atoms with Crippen molar-refractivity contribution in [3.63, 3.8) is 0 Å². The van der Waals surface area contributed by atoms with Crippen molar-refractivity contribution in [2.75, 3.05) is 5.32 Å². The molecule has 128 valence electrons. The van der Waals surface area contributed by atoms with Gasteiger partial charge in [0.25, 0.3) is 0 Å². The zero-order chi connectivity index (χ0) is 17.3. The number of pyridine rings is 1. The number of amides is 1. The molecule has 1 saturated carbocycles. The van der Waals surface area contributed by atoms with Crippen molar-refractivity contribution in [3.05, 3.63) is 40.3 Å². The van der Waals surface area contributed by atoms with E-state index in [1.54, 1.807) is 18.3 Å². The number of nitrogens with zero attached hydrogens (tertiary/aromatic N) is 3. The van der Waals surface area contributed by atoms with Gasteiger partial charge < -0.3 is 5.32 Å². The fourth-order valence-electron chi connectivity index (χ4n) is 2.32. The zero-order valence-electron chi connectivity index (χ0n) is 12.5. The van der Waals surface area contributed by atoms with E-state index in [1.807, 2.05) is 0 Å². The number of carbonyl (C=O) groups excluding carboxylic acids is 1. The normalized spacial score (nSPS) is 14.7. The van der Waals surface area contributed by atoms with Crippen LogP contribution in [0.5, 0.6) is 0 Å².